The molecule has 0 saturated carbocycles. The van der Waals surface area contributed by atoms with E-state index in [1.165, 1.54) is 4.90 Å². The van der Waals surface area contributed by atoms with Gasteiger partial charge in [-0.25, -0.2) is 4.98 Å². The summed E-state index contributed by atoms with van der Waals surface area (Å²) in [7, 11) is -4.69. The minimum atomic E-state index is -4.69. The average Bonchev–Trinajstić information content (AvgIpc) is 2.64. The zero-order valence-electron chi connectivity index (χ0n) is 9.43. The first kappa shape index (κ1) is 13.4. The van der Waals surface area contributed by atoms with Crippen molar-refractivity contribution in [3.05, 3.63) is 22.3 Å². The molecular weight excluding hydrogens is 327 g/mol. The Morgan fingerprint density at radius 2 is 2.17 bits per heavy atom. The van der Waals surface area contributed by atoms with Crippen molar-refractivity contribution in [1.29, 1.82) is 0 Å². The normalized spacial score (nSPS) is 20.5. The fraction of sp³-hybridized carbons (Fsp3) is 0.400. The van der Waals surface area contributed by atoms with Gasteiger partial charge in [0.25, 0.3) is 0 Å². The van der Waals surface area contributed by atoms with Gasteiger partial charge in [-0.05, 0) is 35.0 Å². The van der Waals surface area contributed by atoms with E-state index >= 15 is 0 Å². The number of aromatic nitrogens is 1. The number of rotatable bonds is 2. The summed E-state index contributed by atoms with van der Waals surface area (Å²) in [6, 6.07) is 3.30. The van der Waals surface area contributed by atoms with Crippen LogP contribution in [0.25, 0.3) is 0 Å². The highest BCUT2D eigenvalue weighted by atomic mass is 79.9. The number of carbonyl (C=O) groups excluding carboxylic acids is 1. The second-order valence-electron chi connectivity index (χ2n) is 4.04. The molecule has 8 heteroatoms. The first-order chi connectivity index (χ1) is 8.29. The standard InChI is InChI=1S/C10H10BrFN2O3S/c1-6-8(11)2-3-9(13-6)14-5-7(4-10(14)15)18(12,16)17/h2-3,7H,4-5H2,1H3. The van der Waals surface area contributed by atoms with Crippen LogP contribution in [-0.2, 0) is 15.0 Å². The SMILES string of the molecule is Cc1nc(N2CC(S(=O)(=O)F)CC2=O)ccc1Br. The monoisotopic (exact) mass is 336 g/mol. The fourth-order valence-electron chi connectivity index (χ4n) is 1.77. The lowest BCUT2D eigenvalue weighted by Crippen LogP contribution is -2.27. The van der Waals surface area contributed by atoms with Crippen molar-refractivity contribution in [1.82, 2.24) is 4.98 Å². The number of hydrogen-bond acceptors (Lipinski definition) is 4. The van der Waals surface area contributed by atoms with E-state index in [1.807, 2.05) is 0 Å². The van der Waals surface area contributed by atoms with Crippen molar-refractivity contribution in [2.45, 2.75) is 18.6 Å². The average molecular weight is 337 g/mol. The van der Waals surface area contributed by atoms with Gasteiger partial charge in [0.2, 0.25) is 5.91 Å². The van der Waals surface area contributed by atoms with Crippen LogP contribution in [0.2, 0.25) is 0 Å². The van der Waals surface area contributed by atoms with E-state index in [9.17, 15) is 17.1 Å². The van der Waals surface area contributed by atoms with Crippen molar-refractivity contribution < 1.29 is 17.1 Å². The summed E-state index contributed by atoms with van der Waals surface area (Å²) < 4.78 is 35.3. The maximum absolute atomic E-state index is 12.9. The molecule has 0 N–H and O–H groups in total. The Bertz CT molecular complexity index is 605. The number of hydrogen-bond donors (Lipinski definition) is 0. The van der Waals surface area contributed by atoms with E-state index in [2.05, 4.69) is 20.9 Å². The van der Waals surface area contributed by atoms with Crippen LogP contribution in [0.15, 0.2) is 16.6 Å². The van der Waals surface area contributed by atoms with E-state index in [4.69, 9.17) is 0 Å². The summed E-state index contributed by atoms with van der Waals surface area (Å²) in [5.41, 5.74) is 0.673. The molecule has 1 saturated heterocycles. The molecule has 1 fully saturated rings. The highest BCUT2D eigenvalue weighted by Gasteiger charge is 2.39. The van der Waals surface area contributed by atoms with E-state index in [0.717, 1.165) is 4.47 Å². The third-order valence-electron chi connectivity index (χ3n) is 2.77. The molecule has 2 rings (SSSR count). The molecule has 1 atom stereocenters. The summed E-state index contributed by atoms with van der Waals surface area (Å²) >= 11 is 3.27. The molecule has 0 aromatic carbocycles. The number of halogens is 2. The lowest BCUT2D eigenvalue weighted by molar-refractivity contribution is -0.117. The van der Waals surface area contributed by atoms with Crippen molar-refractivity contribution in [2.24, 2.45) is 0 Å². The lowest BCUT2D eigenvalue weighted by atomic mass is 10.3. The Kier molecular flexibility index (Phi) is 3.41. The van der Waals surface area contributed by atoms with Crippen LogP contribution in [0.4, 0.5) is 9.70 Å². The van der Waals surface area contributed by atoms with Gasteiger partial charge in [-0.2, -0.15) is 8.42 Å². The van der Waals surface area contributed by atoms with Crippen LogP contribution in [0.3, 0.4) is 0 Å². The molecule has 0 spiro atoms. The van der Waals surface area contributed by atoms with Gasteiger partial charge >= 0.3 is 10.2 Å². The Balaban J connectivity index is 2.30. The molecule has 2 heterocycles. The quantitative estimate of drug-likeness (QED) is 0.768. The molecule has 1 aromatic rings. The van der Waals surface area contributed by atoms with Crippen molar-refractivity contribution in [2.75, 3.05) is 11.4 Å². The van der Waals surface area contributed by atoms with Gasteiger partial charge in [-0.3, -0.25) is 9.69 Å². The van der Waals surface area contributed by atoms with E-state index < -0.39 is 21.4 Å². The van der Waals surface area contributed by atoms with Gasteiger partial charge in [0, 0.05) is 17.4 Å². The highest BCUT2D eigenvalue weighted by molar-refractivity contribution is 9.10. The molecule has 1 unspecified atom stereocenters. The Hall–Kier alpha value is -1.02. The molecule has 1 aliphatic rings. The van der Waals surface area contributed by atoms with Gasteiger partial charge in [0.1, 0.15) is 11.1 Å². The maximum Gasteiger partial charge on any atom is 0.307 e. The summed E-state index contributed by atoms with van der Waals surface area (Å²) in [5.74, 6) is -0.0951. The van der Waals surface area contributed by atoms with Crippen LogP contribution in [-0.4, -0.2) is 31.1 Å². The van der Waals surface area contributed by atoms with Crippen LogP contribution in [0, 0.1) is 6.92 Å². The second kappa shape index (κ2) is 4.58. The molecule has 5 nitrogen and oxygen atoms in total. The minimum absolute atomic E-state index is 0.189. The van der Waals surface area contributed by atoms with Gasteiger partial charge in [0.05, 0.1) is 5.69 Å². The molecule has 0 bridgehead atoms. The number of pyridine rings is 1. The lowest BCUT2D eigenvalue weighted by Gasteiger charge is -2.15. The number of amides is 1. The molecule has 1 aliphatic heterocycles. The van der Waals surface area contributed by atoms with Crippen LogP contribution < -0.4 is 4.90 Å². The number of nitrogens with zero attached hydrogens (tertiary/aromatic N) is 2. The largest absolute Gasteiger partial charge is 0.307 e. The molecule has 1 amide bonds. The van der Waals surface area contributed by atoms with Gasteiger partial charge in [-0.1, -0.05) is 0 Å². The third-order valence-corrected chi connectivity index (χ3v) is 4.72. The van der Waals surface area contributed by atoms with Crippen LogP contribution in [0.1, 0.15) is 12.1 Å². The Labute approximate surface area is 112 Å². The predicted octanol–water partition coefficient (Wildman–Crippen LogP) is 1.56. The molecule has 0 aliphatic carbocycles. The molecule has 1 aromatic heterocycles. The second-order valence-corrected chi connectivity index (χ2v) is 6.51. The van der Waals surface area contributed by atoms with Crippen molar-refractivity contribution in [3.63, 3.8) is 0 Å². The third kappa shape index (κ3) is 2.54. The van der Waals surface area contributed by atoms with E-state index in [1.54, 1.807) is 19.1 Å². The first-order valence-corrected chi connectivity index (χ1v) is 7.40. The first-order valence-electron chi connectivity index (χ1n) is 5.16. The number of aryl methyl sites for hydroxylation is 1. The van der Waals surface area contributed by atoms with Crippen molar-refractivity contribution in [3.8, 4) is 0 Å². The maximum atomic E-state index is 12.9. The minimum Gasteiger partial charge on any atom is -0.295 e. The molecule has 18 heavy (non-hydrogen) atoms. The van der Waals surface area contributed by atoms with Gasteiger partial charge in [-0.15, -0.1) is 3.89 Å². The zero-order chi connectivity index (χ0) is 13.5. The van der Waals surface area contributed by atoms with E-state index in [0.29, 0.717) is 11.5 Å². The van der Waals surface area contributed by atoms with Crippen LogP contribution in [0.5, 0.6) is 0 Å². The van der Waals surface area contributed by atoms with Gasteiger partial charge < -0.3 is 0 Å². The number of carbonyl (C=O) groups is 1. The summed E-state index contributed by atoms with van der Waals surface area (Å²) in [6.45, 7) is 1.56. The zero-order valence-corrected chi connectivity index (χ0v) is 11.8. The topological polar surface area (TPSA) is 67.3 Å². The van der Waals surface area contributed by atoms with Crippen molar-refractivity contribution >= 4 is 37.9 Å². The Morgan fingerprint density at radius 1 is 1.50 bits per heavy atom. The molecular formula is C10H10BrFN2O3S. The highest BCUT2D eigenvalue weighted by Crippen LogP contribution is 2.26. The summed E-state index contributed by atoms with van der Waals surface area (Å²) in [4.78, 5) is 17.0. The van der Waals surface area contributed by atoms with Gasteiger partial charge in [0.15, 0.2) is 0 Å². The summed E-state index contributed by atoms with van der Waals surface area (Å²) in [6.07, 6.45) is -0.338. The number of anilines is 1. The molecule has 0 radical (unpaired) electrons. The smallest absolute Gasteiger partial charge is 0.295 e. The summed E-state index contributed by atoms with van der Waals surface area (Å²) in [5, 5.41) is -1.30. The van der Waals surface area contributed by atoms with E-state index in [-0.39, 0.29) is 13.0 Å². The predicted molar refractivity (Wildman–Crippen MR) is 67.5 cm³/mol. The Morgan fingerprint density at radius 3 is 2.67 bits per heavy atom. The molecule has 98 valence electrons. The van der Waals surface area contributed by atoms with Crippen LogP contribution >= 0.6 is 15.9 Å². The fourth-order valence-corrected chi connectivity index (χ4v) is 2.66.